The standard InChI is InChI=1S/C32H28Cl2N6O7/c1-4-39(13-14-47-26-16-20(31(33)41)15-21(17-26)32(34)42)24-9-5-22(6-10-24)35-37-27-18-30(46-3)28(19-29(27)45-2)38-36-23-7-11-25(12-8-23)40(43)44/h5-12,15-19H,4,13-14H2,1-3H3/b37-35+,38-36+. The minimum Gasteiger partial charge on any atom is -0.494 e. The third kappa shape index (κ3) is 9.31. The second kappa shape index (κ2) is 16.2. The normalized spacial score (nSPS) is 11.1. The van der Waals surface area contributed by atoms with E-state index in [-0.39, 0.29) is 23.4 Å². The lowest BCUT2D eigenvalue weighted by Crippen LogP contribution is -2.28. The average molecular weight is 680 g/mol. The van der Waals surface area contributed by atoms with Crippen LogP contribution in [-0.2, 0) is 0 Å². The molecule has 0 aliphatic rings. The van der Waals surface area contributed by atoms with Crippen LogP contribution in [0.3, 0.4) is 0 Å². The predicted molar refractivity (Wildman–Crippen MR) is 178 cm³/mol. The maximum absolute atomic E-state index is 11.6. The van der Waals surface area contributed by atoms with Crippen LogP contribution in [0.4, 0.5) is 34.1 Å². The van der Waals surface area contributed by atoms with E-state index in [9.17, 15) is 19.7 Å². The summed E-state index contributed by atoms with van der Waals surface area (Å²) in [7, 11) is 2.97. The van der Waals surface area contributed by atoms with Crippen molar-refractivity contribution in [2.45, 2.75) is 6.92 Å². The van der Waals surface area contributed by atoms with Gasteiger partial charge in [-0.3, -0.25) is 19.7 Å². The number of ether oxygens (including phenoxy) is 3. The first-order chi connectivity index (χ1) is 22.6. The molecule has 15 heteroatoms. The van der Waals surface area contributed by atoms with E-state index in [1.165, 1.54) is 56.7 Å². The molecule has 0 unspecified atom stereocenters. The van der Waals surface area contributed by atoms with Crippen LogP contribution in [0.25, 0.3) is 0 Å². The summed E-state index contributed by atoms with van der Waals surface area (Å²) in [4.78, 5) is 35.7. The summed E-state index contributed by atoms with van der Waals surface area (Å²) in [5, 5.41) is 26.5. The fraction of sp³-hybridized carbons (Fsp3) is 0.188. The summed E-state index contributed by atoms with van der Waals surface area (Å²) in [6.45, 7) is 3.45. The van der Waals surface area contributed by atoms with Crippen molar-refractivity contribution in [2.24, 2.45) is 20.5 Å². The predicted octanol–water partition coefficient (Wildman–Crippen LogP) is 9.11. The van der Waals surface area contributed by atoms with Gasteiger partial charge in [-0.25, -0.2) is 0 Å². The molecule has 0 heterocycles. The van der Waals surface area contributed by atoms with Gasteiger partial charge in [0.15, 0.2) is 0 Å². The number of non-ortho nitro benzene ring substituents is 1. The lowest BCUT2D eigenvalue weighted by atomic mass is 10.1. The van der Waals surface area contributed by atoms with Crippen molar-refractivity contribution < 1.29 is 28.7 Å². The van der Waals surface area contributed by atoms with Gasteiger partial charge < -0.3 is 19.1 Å². The first kappa shape index (κ1) is 34.5. The van der Waals surface area contributed by atoms with Gasteiger partial charge in [-0.1, -0.05) is 0 Å². The van der Waals surface area contributed by atoms with Gasteiger partial charge in [0.1, 0.15) is 35.2 Å². The Kier molecular flexibility index (Phi) is 11.9. The van der Waals surface area contributed by atoms with E-state index >= 15 is 0 Å². The van der Waals surface area contributed by atoms with Crippen LogP contribution in [0.15, 0.2) is 99.3 Å². The molecule has 0 saturated heterocycles. The first-order valence-electron chi connectivity index (χ1n) is 14.0. The van der Waals surface area contributed by atoms with Gasteiger partial charge in [-0.05, 0) is 84.7 Å². The molecule has 47 heavy (non-hydrogen) atoms. The lowest BCUT2D eigenvalue weighted by molar-refractivity contribution is -0.384. The molecule has 0 fully saturated rings. The Morgan fingerprint density at radius 2 is 1.26 bits per heavy atom. The van der Waals surface area contributed by atoms with Crippen LogP contribution in [0.2, 0.25) is 0 Å². The number of likely N-dealkylation sites (N-methyl/N-ethyl adjacent to an activating group) is 1. The lowest BCUT2D eigenvalue weighted by Gasteiger charge is -2.23. The highest BCUT2D eigenvalue weighted by Gasteiger charge is 2.14. The molecule has 0 amide bonds. The fourth-order valence-corrected chi connectivity index (χ4v) is 4.49. The Morgan fingerprint density at radius 1 is 0.766 bits per heavy atom. The monoisotopic (exact) mass is 678 g/mol. The zero-order valence-electron chi connectivity index (χ0n) is 25.4. The van der Waals surface area contributed by atoms with E-state index in [1.54, 1.807) is 12.1 Å². The van der Waals surface area contributed by atoms with Crippen molar-refractivity contribution in [2.75, 3.05) is 38.8 Å². The van der Waals surface area contributed by atoms with Crippen LogP contribution in [0.1, 0.15) is 27.6 Å². The number of hydrogen-bond acceptors (Lipinski definition) is 12. The van der Waals surface area contributed by atoms with Gasteiger partial charge >= 0.3 is 0 Å². The number of azo groups is 2. The topological polar surface area (TPSA) is 158 Å². The molecular formula is C32H28Cl2N6O7. The van der Waals surface area contributed by atoms with Gasteiger partial charge in [0, 0.05) is 47.6 Å². The maximum atomic E-state index is 11.6. The number of nitrogens with zero attached hydrogens (tertiary/aromatic N) is 6. The Labute approximate surface area is 279 Å². The summed E-state index contributed by atoms with van der Waals surface area (Å²) >= 11 is 11.2. The summed E-state index contributed by atoms with van der Waals surface area (Å²) < 4.78 is 16.8. The number of methoxy groups -OCH3 is 2. The second-order valence-corrected chi connectivity index (χ2v) is 10.3. The van der Waals surface area contributed by atoms with Gasteiger partial charge in [0.2, 0.25) is 0 Å². The SMILES string of the molecule is CCN(CCOc1cc(C(=O)Cl)cc(C(=O)Cl)c1)c1ccc(/N=N/c2cc(OC)c(/N=N/c3ccc([N+](=O)[O-])cc3)cc2OC)cc1. The number of carbonyl (C=O) groups excluding carboxylic acids is 2. The molecule has 4 aromatic carbocycles. The van der Waals surface area contributed by atoms with Crippen LogP contribution < -0.4 is 19.1 Å². The average Bonchev–Trinajstić information content (AvgIpc) is 3.08. The molecule has 0 bridgehead atoms. The molecule has 0 aromatic heterocycles. The minimum atomic E-state index is -0.722. The summed E-state index contributed by atoms with van der Waals surface area (Å²) in [6, 6.07) is 20.5. The molecule has 0 spiro atoms. The number of carbonyl (C=O) groups is 2. The highest BCUT2D eigenvalue weighted by molar-refractivity contribution is 6.69. The van der Waals surface area contributed by atoms with Gasteiger partial charge in [0.25, 0.3) is 16.2 Å². The van der Waals surface area contributed by atoms with Gasteiger partial charge in [-0.2, -0.15) is 10.2 Å². The van der Waals surface area contributed by atoms with Crippen molar-refractivity contribution in [3.05, 3.63) is 100 Å². The largest absolute Gasteiger partial charge is 0.494 e. The Morgan fingerprint density at radius 3 is 1.68 bits per heavy atom. The van der Waals surface area contributed by atoms with E-state index in [0.29, 0.717) is 53.1 Å². The number of hydrogen-bond donors (Lipinski definition) is 0. The molecule has 4 aromatic rings. The second-order valence-electron chi connectivity index (χ2n) is 9.61. The zero-order valence-corrected chi connectivity index (χ0v) is 26.9. The van der Waals surface area contributed by atoms with E-state index in [0.717, 1.165) is 5.69 Å². The third-order valence-electron chi connectivity index (χ3n) is 6.67. The van der Waals surface area contributed by atoms with Crippen LogP contribution >= 0.6 is 23.2 Å². The Bertz CT molecular complexity index is 1780. The number of rotatable bonds is 15. The number of benzene rings is 4. The molecule has 0 N–H and O–H groups in total. The number of halogens is 2. The summed E-state index contributed by atoms with van der Waals surface area (Å²) in [5.74, 6) is 1.05. The zero-order chi connectivity index (χ0) is 33.9. The Balaban J connectivity index is 1.43. The van der Waals surface area contributed by atoms with Crippen molar-refractivity contribution >= 4 is 67.8 Å². The van der Waals surface area contributed by atoms with E-state index in [1.807, 2.05) is 31.2 Å². The molecule has 13 nitrogen and oxygen atoms in total. The van der Waals surface area contributed by atoms with E-state index in [2.05, 4.69) is 25.4 Å². The molecule has 242 valence electrons. The fourth-order valence-electron chi connectivity index (χ4n) is 4.27. The quantitative estimate of drug-likeness (QED) is 0.0521. The highest BCUT2D eigenvalue weighted by Crippen LogP contribution is 2.41. The third-order valence-corrected chi connectivity index (χ3v) is 7.11. The highest BCUT2D eigenvalue weighted by atomic mass is 35.5. The maximum Gasteiger partial charge on any atom is 0.269 e. The number of nitro benzene ring substituents is 1. The van der Waals surface area contributed by atoms with E-state index in [4.69, 9.17) is 37.4 Å². The number of anilines is 1. The van der Waals surface area contributed by atoms with Crippen LogP contribution in [-0.4, -0.2) is 49.3 Å². The van der Waals surface area contributed by atoms with Gasteiger partial charge in [-0.15, -0.1) is 10.2 Å². The molecule has 0 atom stereocenters. The molecular weight excluding hydrogens is 651 g/mol. The van der Waals surface area contributed by atoms with Crippen LogP contribution in [0.5, 0.6) is 17.2 Å². The van der Waals surface area contributed by atoms with Gasteiger partial charge in [0.05, 0.1) is 37.1 Å². The molecule has 0 aliphatic carbocycles. The van der Waals surface area contributed by atoms with Crippen molar-refractivity contribution in [1.82, 2.24) is 0 Å². The molecule has 0 aliphatic heterocycles. The first-order valence-corrected chi connectivity index (χ1v) is 14.7. The summed E-state index contributed by atoms with van der Waals surface area (Å²) in [6.07, 6.45) is 0. The van der Waals surface area contributed by atoms with Crippen molar-refractivity contribution in [3.8, 4) is 17.2 Å². The Hall–Kier alpha value is -5.40. The molecule has 0 radical (unpaired) electrons. The number of nitro groups is 1. The smallest absolute Gasteiger partial charge is 0.269 e. The summed E-state index contributed by atoms with van der Waals surface area (Å²) in [5.41, 5.74) is 2.87. The van der Waals surface area contributed by atoms with Crippen LogP contribution in [0, 0.1) is 10.1 Å². The molecule has 4 rings (SSSR count). The van der Waals surface area contributed by atoms with Crippen molar-refractivity contribution in [1.29, 1.82) is 0 Å². The van der Waals surface area contributed by atoms with Crippen molar-refractivity contribution in [3.63, 3.8) is 0 Å². The van der Waals surface area contributed by atoms with E-state index < -0.39 is 15.4 Å². The molecule has 0 saturated carbocycles. The minimum absolute atomic E-state index is 0.0480.